The number of nitrogens with one attached hydrogen (secondary N) is 1. The Morgan fingerprint density at radius 1 is 1.48 bits per heavy atom. The van der Waals surface area contributed by atoms with E-state index in [1.807, 2.05) is 6.07 Å². The van der Waals surface area contributed by atoms with E-state index in [-0.39, 0.29) is 11.8 Å². The normalized spacial score (nSPS) is 17.9. The van der Waals surface area contributed by atoms with Crippen molar-refractivity contribution in [2.45, 2.75) is 25.7 Å². The number of carbonyl (C=O) groups excluding carboxylic acids is 2. The van der Waals surface area contributed by atoms with Gasteiger partial charge in [0.05, 0.1) is 25.3 Å². The summed E-state index contributed by atoms with van der Waals surface area (Å²) in [6.45, 7) is 1.41. The fraction of sp³-hybridized carbons (Fsp3) is 0.364. The SMILES string of the molecule is N#Cc1c(NC(=O)/C=C/c2cccnc2)sc2c1CCC(COC(=O)N1CCCO1)C2. The maximum Gasteiger partial charge on any atom is 0.433 e. The number of hydroxylamine groups is 2. The summed E-state index contributed by atoms with van der Waals surface area (Å²) < 4.78 is 5.40. The van der Waals surface area contributed by atoms with Crippen LogP contribution < -0.4 is 5.32 Å². The van der Waals surface area contributed by atoms with Crippen molar-refractivity contribution < 1.29 is 19.2 Å². The summed E-state index contributed by atoms with van der Waals surface area (Å²) in [5.74, 6) is -0.117. The van der Waals surface area contributed by atoms with Crippen molar-refractivity contribution in [1.82, 2.24) is 10.0 Å². The average molecular weight is 439 g/mol. The molecule has 1 atom stereocenters. The van der Waals surface area contributed by atoms with Crippen molar-refractivity contribution in [1.29, 1.82) is 5.26 Å². The Labute approximate surface area is 184 Å². The zero-order valence-electron chi connectivity index (χ0n) is 16.9. The molecule has 2 aromatic rings. The molecule has 3 heterocycles. The van der Waals surface area contributed by atoms with Gasteiger partial charge in [-0.25, -0.2) is 4.79 Å². The molecule has 1 aliphatic heterocycles. The minimum Gasteiger partial charge on any atom is -0.448 e. The molecule has 0 bridgehead atoms. The number of carbonyl (C=O) groups is 2. The number of anilines is 1. The van der Waals surface area contributed by atoms with Crippen LogP contribution in [0.4, 0.5) is 9.80 Å². The van der Waals surface area contributed by atoms with Gasteiger partial charge in [0, 0.05) is 23.3 Å². The zero-order valence-corrected chi connectivity index (χ0v) is 17.7. The van der Waals surface area contributed by atoms with Crippen LogP contribution in [0.5, 0.6) is 0 Å². The Hall–Kier alpha value is -3.22. The quantitative estimate of drug-likeness (QED) is 0.716. The highest BCUT2D eigenvalue weighted by Crippen LogP contribution is 2.39. The van der Waals surface area contributed by atoms with Gasteiger partial charge in [-0.15, -0.1) is 11.3 Å². The molecule has 2 amide bonds. The van der Waals surface area contributed by atoms with Gasteiger partial charge in [0.15, 0.2) is 0 Å². The number of hydrogen-bond acceptors (Lipinski definition) is 7. The van der Waals surface area contributed by atoms with Gasteiger partial charge in [0.25, 0.3) is 0 Å². The molecule has 31 heavy (non-hydrogen) atoms. The average Bonchev–Trinajstić information content (AvgIpc) is 3.44. The second kappa shape index (κ2) is 9.73. The van der Waals surface area contributed by atoms with E-state index >= 15 is 0 Å². The number of ether oxygens (including phenoxy) is 1. The van der Waals surface area contributed by atoms with Crippen molar-refractivity contribution in [2.75, 3.05) is 25.1 Å². The molecule has 2 aromatic heterocycles. The minimum atomic E-state index is -0.444. The van der Waals surface area contributed by atoms with Crippen molar-refractivity contribution in [2.24, 2.45) is 5.92 Å². The summed E-state index contributed by atoms with van der Waals surface area (Å²) in [5, 5.41) is 14.3. The predicted octanol–water partition coefficient (Wildman–Crippen LogP) is 3.55. The van der Waals surface area contributed by atoms with Gasteiger partial charge >= 0.3 is 6.09 Å². The number of fused-ring (bicyclic) bond motifs is 1. The summed E-state index contributed by atoms with van der Waals surface area (Å²) in [6.07, 6.45) is 9.07. The topological polar surface area (TPSA) is 105 Å². The zero-order chi connectivity index (χ0) is 21.6. The highest BCUT2D eigenvalue weighted by Gasteiger charge is 2.28. The molecule has 1 aliphatic carbocycles. The standard InChI is InChI=1S/C22H22N4O4S/c23-12-18-17-6-4-16(14-29-22(28)26-9-2-10-30-26)11-19(17)31-21(18)25-20(27)7-5-15-3-1-8-24-13-15/h1,3,5,7-8,13,16H,2,4,6,9-11,14H2,(H,25,27)/b7-5+. The fourth-order valence-corrected chi connectivity index (χ4v) is 4.97. The van der Waals surface area contributed by atoms with E-state index < -0.39 is 6.09 Å². The lowest BCUT2D eigenvalue weighted by molar-refractivity contribution is -0.111. The third-order valence-electron chi connectivity index (χ3n) is 5.23. The Balaban J connectivity index is 1.37. The van der Waals surface area contributed by atoms with E-state index in [9.17, 15) is 14.9 Å². The van der Waals surface area contributed by atoms with Gasteiger partial charge in [-0.2, -0.15) is 10.3 Å². The molecular weight excluding hydrogens is 416 g/mol. The number of amides is 2. The summed E-state index contributed by atoms with van der Waals surface area (Å²) in [4.78, 5) is 34.6. The molecular formula is C22H22N4O4S. The summed E-state index contributed by atoms with van der Waals surface area (Å²) in [5.41, 5.74) is 2.34. The molecule has 2 aliphatic rings. The van der Waals surface area contributed by atoms with Crippen molar-refractivity contribution in [3.05, 3.63) is 52.2 Å². The molecule has 8 nitrogen and oxygen atoms in total. The molecule has 1 fully saturated rings. The molecule has 160 valence electrons. The van der Waals surface area contributed by atoms with Crippen LogP contribution in [0.2, 0.25) is 0 Å². The molecule has 1 unspecified atom stereocenters. The first-order valence-corrected chi connectivity index (χ1v) is 11.0. The number of nitrogens with zero attached hydrogens (tertiary/aromatic N) is 3. The van der Waals surface area contributed by atoms with E-state index in [1.165, 1.54) is 22.5 Å². The molecule has 0 saturated carbocycles. The number of aromatic nitrogens is 1. The van der Waals surface area contributed by atoms with Gasteiger partial charge in [0.1, 0.15) is 11.1 Å². The van der Waals surface area contributed by atoms with Crippen LogP contribution in [0.3, 0.4) is 0 Å². The van der Waals surface area contributed by atoms with E-state index in [0.717, 1.165) is 35.3 Å². The predicted molar refractivity (Wildman–Crippen MR) is 115 cm³/mol. The highest BCUT2D eigenvalue weighted by atomic mass is 32.1. The van der Waals surface area contributed by atoms with Crippen LogP contribution in [0.15, 0.2) is 30.6 Å². The van der Waals surface area contributed by atoms with Crippen LogP contribution in [-0.2, 0) is 27.2 Å². The van der Waals surface area contributed by atoms with Crippen molar-refractivity contribution >= 4 is 34.4 Å². The largest absolute Gasteiger partial charge is 0.448 e. The molecule has 0 spiro atoms. The Bertz CT molecular complexity index is 1020. The first kappa shape index (κ1) is 21.0. The second-order valence-corrected chi connectivity index (χ2v) is 8.51. The molecule has 1 N–H and O–H groups in total. The van der Waals surface area contributed by atoms with E-state index in [1.54, 1.807) is 24.5 Å². The number of hydrogen-bond donors (Lipinski definition) is 1. The van der Waals surface area contributed by atoms with Crippen LogP contribution in [0.25, 0.3) is 6.08 Å². The minimum absolute atomic E-state index is 0.179. The van der Waals surface area contributed by atoms with Gasteiger partial charge in [-0.1, -0.05) is 6.07 Å². The van der Waals surface area contributed by atoms with Gasteiger partial charge in [0.2, 0.25) is 5.91 Å². The molecule has 0 radical (unpaired) electrons. The first-order chi connectivity index (χ1) is 15.1. The van der Waals surface area contributed by atoms with E-state index in [0.29, 0.717) is 36.7 Å². The number of nitriles is 1. The molecule has 0 aromatic carbocycles. The van der Waals surface area contributed by atoms with Crippen LogP contribution in [0, 0.1) is 17.2 Å². The summed E-state index contributed by atoms with van der Waals surface area (Å²) in [7, 11) is 0. The third-order valence-corrected chi connectivity index (χ3v) is 6.40. The smallest absolute Gasteiger partial charge is 0.433 e. The van der Waals surface area contributed by atoms with E-state index in [4.69, 9.17) is 9.57 Å². The maximum atomic E-state index is 12.3. The molecule has 1 saturated heterocycles. The summed E-state index contributed by atoms with van der Waals surface area (Å²) in [6, 6.07) is 5.89. The van der Waals surface area contributed by atoms with Crippen LogP contribution >= 0.6 is 11.3 Å². The van der Waals surface area contributed by atoms with E-state index in [2.05, 4.69) is 16.4 Å². The van der Waals surface area contributed by atoms with Crippen LogP contribution in [-0.4, -0.2) is 41.8 Å². The van der Waals surface area contributed by atoms with Gasteiger partial charge in [-0.05, 0) is 54.9 Å². The molecule has 9 heteroatoms. The highest BCUT2D eigenvalue weighted by molar-refractivity contribution is 7.16. The Morgan fingerprint density at radius 2 is 2.39 bits per heavy atom. The van der Waals surface area contributed by atoms with Gasteiger partial charge < -0.3 is 10.1 Å². The summed E-state index contributed by atoms with van der Waals surface area (Å²) >= 11 is 1.42. The lowest BCUT2D eigenvalue weighted by Crippen LogP contribution is -2.30. The van der Waals surface area contributed by atoms with Gasteiger partial charge in [-0.3, -0.25) is 14.6 Å². The Kier molecular flexibility index (Phi) is 6.60. The number of rotatable bonds is 5. The van der Waals surface area contributed by atoms with Crippen LogP contribution in [0.1, 0.15) is 34.4 Å². The van der Waals surface area contributed by atoms with Crippen molar-refractivity contribution in [3.8, 4) is 6.07 Å². The monoisotopic (exact) mass is 438 g/mol. The second-order valence-electron chi connectivity index (χ2n) is 7.40. The number of pyridine rings is 1. The van der Waals surface area contributed by atoms with Crippen molar-refractivity contribution in [3.63, 3.8) is 0 Å². The lowest BCUT2D eigenvalue weighted by Gasteiger charge is -2.23. The fourth-order valence-electron chi connectivity index (χ4n) is 3.66. The Morgan fingerprint density at radius 3 is 3.13 bits per heavy atom. The first-order valence-electron chi connectivity index (χ1n) is 10.1. The number of thiophene rings is 1. The molecule has 4 rings (SSSR count). The lowest BCUT2D eigenvalue weighted by atomic mass is 9.88. The maximum absolute atomic E-state index is 12.3. The third kappa shape index (κ3) is 5.10.